The SMILES string of the molecule is Cc1nnc(NC(=O)c2ccc(-n3cccc3)cc2)s1. The van der Waals surface area contributed by atoms with E-state index < -0.39 is 0 Å². The largest absolute Gasteiger partial charge is 0.324 e. The van der Waals surface area contributed by atoms with Crippen LogP contribution in [0, 0.1) is 6.92 Å². The van der Waals surface area contributed by atoms with Crippen LogP contribution in [0.3, 0.4) is 0 Å². The van der Waals surface area contributed by atoms with Crippen molar-refractivity contribution >= 4 is 22.4 Å². The summed E-state index contributed by atoms with van der Waals surface area (Å²) in [5, 5.41) is 11.8. The number of carbonyl (C=O) groups excluding carboxylic acids is 1. The third-order valence-electron chi connectivity index (χ3n) is 2.78. The fourth-order valence-electron chi connectivity index (χ4n) is 1.81. The number of aryl methyl sites for hydroxylation is 1. The third-order valence-corrected chi connectivity index (χ3v) is 3.53. The summed E-state index contributed by atoms with van der Waals surface area (Å²) in [6, 6.07) is 11.3. The Bertz CT molecular complexity index is 716. The molecule has 0 aliphatic rings. The van der Waals surface area contributed by atoms with E-state index in [9.17, 15) is 4.79 Å². The van der Waals surface area contributed by atoms with Crippen LogP contribution in [0.5, 0.6) is 0 Å². The van der Waals surface area contributed by atoms with Crippen molar-refractivity contribution in [3.8, 4) is 5.69 Å². The van der Waals surface area contributed by atoms with Gasteiger partial charge in [0.2, 0.25) is 5.13 Å². The Morgan fingerprint density at radius 2 is 1.85 bits per heavy atom. The summed E-state index contributed by atoms with van der Waals surface area (Å²) >= 11 is 1.35. The quantitative estimate of drug-likeness (QED) is 0.804. The maximum Gasteiger partial charge on any atom is 0.257 e. The van der Waals surface area contributed by atoms with E-state index in [0.29, 0.717) is 10.7 Å². The van der Waals surface area contributed by atoms with Gasteiger partial charge < -0.3 is 4.57 Å². The van der Waals surface area contributed by atoms with E-state index >= 15 is 0 Å². The number of hydrogen-bond donors (Lipinski definition) is 1. The molecule has 2 heterocycles. The van der Waals surface area contributed by atoms with Crippen LogP contribution in [0.25, 0.3) is 5.69 Å². The molecule has 0 saturated carbocycles. The third kappa shape index (κ3) is 2.60. The van der Waals surface area contributed by atoms with Crippen LogP contribution < -0.4 is 5.32 Å². The van der Waals surface area contributed by atoms with Crippen LogP contribution in [0.4, 0.5) is 5.13 Å². The molecule has 1 aromatic carbocycles. The topological polar surface area (TPSA) is 59.8 Å². The minimum Gasteiger partial charge on any atom is -0.324 e. The van der Waals surface area contributed by atoms with Crippen molar-refractivity contribution in [3.63, 3.8) is 0 Å². The van der Waals surface area contributed by atoms with E-state index in [2.05, 4.69) is 15.5 Å². The Labute approximate surface area is 119 Å². The first-order valence-corrected chi connectivity index (χ1v) is 6.89. The molecule has 0 fully saturated rings. The van der Waals surface area contributed by atoms with Gasteiger partial charge in [-0.15, -0.1) is 10.2 Å². The lowest BCUT2D eigenvalue weighted by Crippen LogP contribution is -2.11. The molecule has 1 amide bonds. The molecule has 0 atom stereocenters. The molecule has 3 rings (SSSR count). The molecular formula is C14H12N4OS. The highest BCUT2D eigenvalue weighted by Gasteiger charge is 2.09. The number of hydrogen-bond acceptors (Lipinski definition) is 4. The summed E-state index contributed by atoms with van der Waals surface area (Å²) in [5.74, 6) is -0.180. The highest BCUT2D eigenvalue weighted by molar-refractivity contribution is 7.15. The molecule has 0 bridgehead atoms. The van der Waals surface area contributed by atoms with Crippen LogP contribution in [0.15, 0.2) is 48.8 Å². The zero-order valence-corrected chi connectivity index (χ0v) is 11.6. The number of anilines is 1. The zero-order chi connectivity index (χ0) is 13.9. The molecule has 0 aliphatic heterocycles. The number of amides is 1. The number of carbonyl (C=O) groups is 1. The lowest BCUT2D eigenvalue weighted by molar-refractivity contribution is 0.102. The van der Waals surface area contributed by atoms with Crippen molar-refractivity contribution in [1.82, 2.24) is 14.8 Å². The molecule has 0 unspecified atom stereocenters. The predicted octanol–water partition coefficient (Wildman–Crippen LogP) is 2.89. The first kappa shape index (κ1) is 12.6. The minimum absolute atomic E-state index is 0.180. The summed E-state index contributed by atoms with van der Waals surface area (Å²) in [4.78, 5) is 12.0. The van der Waals surface area contributed by atoms with Gasteiger partial charge in [0.25, 0.3) is 5.91 Å². The Hall–Kier alpha value is -2.47. The number of benzene rings is 1. The van der Waals surface area contributed by atoms with Gasteiger partial charge in [-0.2, -0.15) is 0 Å². The van der Waals surface area contributed by atoms with E-state index in [1.807, 2.05) is 48.1 Å². The first-order chi connectivity index (χ1) is 9.72. The van der Waals surface area contributed by atoms with Crippen LogP contribution in [0.2, 0.25) is 0 Å². The lowest BCUT2D eigenvalue weighted by Gasteiger charge is -2.05. The van der Waals surface area contributed by atoms with Gasteiger partial charge in [0.05, 0.1) is 0 Å². The fourth-order valence-corrected chi connectivity index (χ4v) is 2.39. The number of rotatable bonds is 3. The molecule has 2 aromatic heterocycles. The minimum atomic E-state index is -0.180. The number of aromatic nitrogens is 3. The molecule has 6 heteroatoms. The zero-order valence-electron chi connectivity index (χ0n) is 10.8. The molecule has 100 valence electrons. The average molecular weight is 284 g/mol. The Morgan fingerprint density at radius 3 is 2.45 bits per heavy atom. The summed E-state index contributed by atoms with van der Waals surface area (Å²) in [6.45, 7) is 1.85. The predicted molar refractivity (Wildman–Crippen MR) is 78.4 cm³/mol. The van der Waals surface area contributed by atoms with Crippen molar-refractivity contribution in [2.24, 2.45) is 0 Å². The molecule has 20 heavy (non-hydrogen) atoms. The Morgan fingerprint density at radius 1 is 1.15 bits per heavy atom. The second-order valence-corrected chi connectivity index (χ2v) is 5.40. The van der Waals surface area contributed by atoms with Gasteiger partial charge in [-0.3, -0.25) is 10.1 Å². The van der Waals surface area contributed by atoms with Crippen LogP contribution in [-0.4, -0.2) is 20.7 Å². The fraction of sp³-hybridized carbons (Fsp3) is 0.0714. The first-order valence-electron chi connectivity index (χ1n) is 6.07. The lowest BCUT2D eigenvalue weighted by atomic mass is 10.2. The van der Waals surface area contributed by atoms with Crippen LogP contribution in [-0.2, 0) is 0 Å². The highest BCUT2D eigenvalue weighted by Crippen LogP contribution is 2.16. The van der Waals surface area contributed by atoms with Crippen molar-refractivity contribution in [2.45, 2.75) is 6.92 Å². The van der Waals surface area contributed by atoms with Gasteiger partial charge in [-0.05, 0) is 43.3 Å². The maximum atomic E-state index is 12.0. The van der Waals surface area contributed by atoms with E-state index in [4.69, 9.17) is 0 Å². The summed E-state index contributed by atoms with van der Waals surface area (Å²) < 4.78 is 1.98. The summed E-state index contributed by atoms with van der Waals surface area (Å²) in [7, 11) is 0. The Kier molecular flexibility index (Phi) is 3.30. The Balaban J connectivity index is 1.75. The smallest absolute Gasteiger partial charge is 0.257 e. The molecule has 3 aromatic rings. The van der Waals surface area contributed by atoms with Crippen molar-refractivity contribution in [2.75, 3.05) is 5.32 Å². The van der Waals surface area contributed by atoms with Gasteiger partial charge >= 0.3 is 0 Å². The van der Waals surface area contributed by atoms with E-state index in [1.165, 1.54) is 11.3 Å². The van der Waals surface area contributed by atoms with Crippen molar-refractivity contribution < 1.29 is 4.79 Å². The highest BCUT2D eigenvalue weighted by atomic mass is 32.1. The second-order valence-electron chi connectivity index (χ2n) is 4.22. The monoisotopic (exact) mass is 284 g/mol. The standard InChI is InChI=1S/C14H12N4OS/c1-10-16-17-14(20-10)15-13(19)11-4-6-12(7-5-11)18-8-2-3-9-18/h2-9H,1H3,(H,15,17,19). The van der Waals surface area contributed by atoms with Gasteiger partial charge in [0.1, 0.15) is 5.01 Å². The van der Waals surface area contributed by atoms with Crippen LogP contribution >= 0.6 is 11.3 Å². The molecular weight excluding hydrogens is 272 g/mol. The maximum absolute atomic E-state index is 12.0. The van der Waals surface area contributed by atoms with E-state index in [0.717, 1.165) is 10.7 Å². The molecule has 1 N–H and O–H groups in total. The summed E-state index contributed by atoms with van der Waals surface area (Å²) in [6.07, 6.45) is 3.91. The van der Waals surface area contributed by atoms with Crippen molar-refractivity contribution in [3.05, 3.63) is 59.4 Å². The second kappa shape index (κ2) is 5.26. The van der Waals surface area contributed by atoms with Gasteiger partial charge in [-0.25, -0.2) is 0 Å². The van der Waals surface area contributed by atoms with E-state index in [1.54, 1.807) is 12.1 Å². The normalized spacial score (nSPS) is 10.4. The summed E-state index contributed by atoms with van der Waals surface area (Å²) in [5.41, 5.74) is 1.60. The van der Waals surface area contributed by atoms with Crippen molar-refractivity contribution in [1.29, 1.82) is 0 Å². The van der Waals surface area contributed by atoms with Gasteiger partial charge in [-0.1, -0.05) is 11.3 Å². The van der Waals surface area contributed by atoms with Gasteiger partial charge in [0, 0.05) is 23.6 Å². The molecule has 5 nitrogen and oxygen atoms in total. The average Bonchev–Trinajstić information content (AvgIpc) is 3.11. The molecule has 0 saturated heterocycles. The molecule has 0 aliphatic carbocycles. The molecule has 0 radical (unpaired) electrons. The molecule has 0 spiro atoms. The number of nitrogens with zero attached hydrogens (tertiary/aromatic N) is 3. The number of nitrogens with one attached hydrogen (secondary N) is 1. The van der Waals surface area contributed by atoms with Crippen LogP contribution in [0.1, 0.15) is 15.4 Å². The van der Waals surface area contributed by atoms with Gasteiger partial charge in [0.15, 0.2) is 0 Å². The van der Waals surface area contributed by atoms with E-state index in [-0.39, 0.29) is 5.91 Å².